The summed E-state index contributed by atoms with van der Waals surface area (Å²) in [5, 5.41) is 4.50. The van der Waals surface area contributed by atoms with E-state index in [0.29, 0.717) is 10.00 Å². The van der Waals surface area contributed by atoms with Gasteiger partial charge in [-0.25, -0.2) is 13.4 Å². The third-order valence-corrected chi connectivity index (χ3v) is 8.83. The molecule has 4 atom stereocenters. The van der Waals surface area contributed by atoms with Gasteiger partial charge >= 0.3 is 5.76 Å². The number of hydrogen-bond acceptors (Lipinski definition) is 8. The number of rotatable bonds is 8. The van der Waals surface area contributed by atoms with E-state index in [-0.39, 0.29) is 31.7 Å². The van der Waals surface area contributed by atoms with Crippen molar-refractivity contribution in [2.75, 3.05) is 38.2 Å². The Bertz CT molecular complexity index is 1510. The minimum absolute atomic E-state index is 0.0736. The highest BCUT2D eigenvalue weighted by molar-refractivity contribution is 7.89. The highest BCUT2D eigenvalue weighted by atomic mass is 32.2. The quantitative estimate of drug-likeness (QED) is 0.427. The van der Waals surface area contributed by atoms with Crippen molar-refractivity contribution >= 4 is 32.5 Å². The molecule has 4 heterocycles. The summed E-state index contributed by atoms with van der Waals surface area (Å²) in [7, 11) is -3.43. The Morgan fingerprint density at radius 3 is 2.56 bits per heavy atom. The van der Waals surface area contributed by atoms with Gasteiger partial charge in [0.1, 0.15) is 5.82 Å². The number of sulfonamides is 1. The number of ether oxygens (including phenoxy) is 2. The molecule has 1 N–H and O–H groups in total. The van der Waals surface area contributed by atoms with Crippen LogP contribution >= 0.6 is 0 Å². The highest BCUT2D eigenvalue weighted by Gasteiger charge is 2.43. The number of amides is 1. The van der Waals surface area contributed by atoms with Gasteiger partial charge in [-0.3, -0.25) is 9.78 Å². The molecule has 0 unspecified atom stereocenters. The number of halogens is 2. The van der Waals surface area contributed by atoms with Crippen LogP contribution in [0.1, 0.15) is 19.5 Å². The molecule has 2 aromatic heterocycles. The molecule has 2 fully saturated rings. The number of carbonyl (C=O) groups is 1. The Morgan fingerprint density at radius 2 is 1.85 bits per heavy atom. The Balaban J connectivity index is 1.30. The Hall–Kier alpha value is -3.26. The minimum Gasteiger partial charge on any atom is -0.378 e. The molecule has 2 aliphatic rings. The van der Waals surface area contributed by atoms with Crippen molar-refractivity contribution in [3.63, 3.8) is 0 Å². The molecule has 5 rings (SSSR count). The van der Waals surface area contributed by atoms with Crippen LogP contribution < -0.4 is 10.2 Å². The lowest BCUT2D eigenvalue weighted by atomic mass is 10.0. The number of nitrogens with one attached hydrogen (secondary N) is 1. The fourth-order valence-electron chi connectivity index (χ4n) is 5.43. The number of carbonyl (C=O) groups excluding carboxylic acids is 1. The van der Waals surface area contributed by atoms with Gasteiger partial charge in [0.05, 0.1) is 42.2 Å². The first-order valence-corrected chi connectivity index (χ1v) is 14.9. The first-order valence-electron chi connectivity index (χ1n) is 13.4. The van der Waals surface area contributed by atoms with Gasteiger partial charge in [-0.2, -0.15) is 13.1 Å². The maximum absolute atomic E-state index is 13.0. The zero-order chi connectivity index (χ0) is 29.3. The third-order valence-electron chi connectivity index (χ3n) is 7.36. The lowest BCUT2D eigenvalue weighted by Gasteiger charge is -2.36. The van der Waals surface area contributed by atoms with E-state index >= 15 is 0 Å². The topological polar surface area (TPSA) is 114 Å². The van der Waals surface area contributed by atoms with Crippen molar-refractivity contribution in [2.24, 2.45) is 0 Å². The summed E-state index contributed by atoms with van der Waals surface area (Å²) in [6, 6.07) is 12.9. The number of anilines is 1. The molecule has 2 aliphatic heterocycles. The van der Waals surface area contributed by atoms with Crippen molar-refractivity contribution in [1.82, 2.24) is 19.6 Å². The number of morpholine rings is 1. The predicted molar refractivity (Wildman–Crippen MR) is 150 cm³/mol. The molecular weight excluding hydrogens is 556 g/mol. The van der Waals surface area contributed by atoms with E-state index in [2.05, 4.69) is 29.0 Å². The number of nitrogens with zero attached hydrogens (tertiary/aromatic N) is 4. The average Bonchev–Trinajstić information content (AvgIpc) is 3.35. The molecule has 220 valence electrons. The maximum Gasteiger partial charge on any atom is 0.350 e. The number of fused-ring (bicyclic) bond motifs is 1. The summed E-state index contributed by atoms with van der Waals surface area (Å²) in [6.45, 7) is 5.09. The average molecular weight is 590 g/mol. The van der Waals surface area contributed by atoms with Crippen LogP contribution in [-0.4, -0.2) is 92.0 Å². The van der Waals surface area contributed by atoms with Crippen molar-refractivity contribution in [1.29, 1.82) is 0 Å². The van der Waals surface area contributed by atoms with E-state index in [0.717, 1.165) is 40.9 Å². The number of hydrogen-bond donors (Lipinski definition) is 1. The van der Waals surface area contributed by atoms with Crippen LogP contribution in [0.3, 0.4) is 0 Å². The summed E-state index contributed by atoms with van der Waals surface area (Å²) in [4.78, 5) is 24.4. The molecule has 3 aromatic rings. The molecular formula is C28H33F2N5O5S. The van der Waals surface area contributed by atoms with E-state index in [9.17, 15) is 22.0 Å². The third kappa shape index (κ3) is 6.48. The smallest absolute Gasteiger partial charge is 0.350 e. The van der Waals surface area contributed by atoms with Crippen LogP contribution in [0, 0.1) is 0 Å². The van der Waals surface area contributed by atoms with Crippen molar-refractivity contribution in [3.8, 4) is 11.3 Å². The summed E-state index contributed by atoms with van der Waals surface area (Å²) < 4.78 is 61.5. The fraction of sp³-hybridized carbons (Fsp3) is 0.464. The number of methoxy groups -OCH3 is 1. The van der Waals surface area contributed by atoms with Gasteiger partial charge in [0.15, 0.2) is 0 Å². The summed E-state index contributed by atoms with van der Waals surface area (Å²) in [5.74, 6) is -3.07. The molecule has 2 saturated heterocycles. The van der Waals surface area contributed by atoms with Crippen LogP contribution in [0.5, 0.6) is 0 Å². The second kappa shape index (κ2) is 11.9. The normalized spacial score (nSPS) is 23.8. The standard InChI is InChI=1S/C28H33F2N5O5S/c1-17-13-34(14-18(2)40-17)26-6-4-5-23(32-26)19-7-8-20-12-31-22(10-21(20)9-19)11-27(36)33-24-15-35(16-25(24)39-3)41(37,38)28(29)30/h4-10,12,17-18,24-25,28H,11,13-16H2,1-3H3,(H,33,36)/t17-,18+,24-,25-/m0/s1. The van der Waals surface area contributed by atoms with Crippen LogP contribution in [0.4, 0.5) is 14.6 Å². The maximum atomic E-state index is 13.0. The first kappa shape index (κ1) is 29.2. The number of aromatic nitrogens is 2. The minimum atomic E-state index is -4.77. The van der Waals surface area contributed by atoms with Gasteiger partial charge in [-0.05, 0) is 43.5 Å². The van der Waals surface area contributed by atoms with Gasteiger partial charge in [0, 0.05) is 50.4 Å². The van der Waals surface area contributed by atoms with Crippen LogP contribution in [0.15, 0.2) is 48.7 Å². The second-order valence-corrected chi connectivity index (χ2v) is 12.4. The first-order chi connectivity index (χ1) is 19.5. The zero-order valence-corrected chi connectivity index (χ0v) is 23.9. The van der Waals surface area contributed by atoms with E-state index in [4.69, 9.17) is 14.5 Å². The molecule has 0 radical (unpaired) electrons. The van der Waals surface area contributed by atoms with E-state index in [1.807, 2.05) is 42.5 Å². The molecule has 0 aliphatic carbocycles. The largest absolute Gasteiger partial charge is 0.378 e. The predicted octanol–water partition coefficient (Wildman–Crippen LogP) is 2.82. The molecule has 13 heteroatoms. The van der Waals surface area contributed by atoms with Crippen LogP contribution in [0.2, 0.25) is 0 Å². The van der Waals surface area contributed by atoms with Gasteiger partial charge in [0.2, 0.25) is 5.91 Å². The fourth-order valence-corrected chi connectivity index (χ4v) is 6.38. The lowest BCUT2D eigenvalue weighted by molar-refractivity contribution is -0.121. The number of pyridine rings is 2. The molecule has 0 saturated carbocycles. The number of benzene rings is 1. The van der Waals surface area contributed by atoms with Crippen LogP contribution in [0.25, 0.3) is 22.0 Å². The highest BCUT2D eigenvalue weighted by Crippen LogP contribution is 2.27. The summed E-state index contributed by atoms with van der Waals surface area (Å²) >= 11 is 0. The Kier molecular flexibility index (Phi) is 8.50. The summed E-state index contributed by atoms with van der Waals surface area (Å²) in [6.07, 6.45) is 1.10. The van der Waals surface area contributed by atoms with Gasteiger partial charge in [0.25, 0.3) is 10.0 Å². The SMILES string of the molecule is CO[C@H]1CN(S(=O)(=O)C(F)F)C[C@@H]1NC(=O)Cc1cc2cc(-c3cccc(N4C[C@@H](C)O[C@@H](C)C4)n3)ccc2cn1. The van der Waals surface area contributed by atoms with Gasteiger partial charge in [-0.15, -0.1) is 0 Å². The molecule has 0 bridgehead atoms. The molecule has 1 aromatic carbocycles. The Labute approximate surface area is 237 Å². The Morgan fingerprint density at radius 1 is 1.10 bits per heavy atom. The monoisotopic (exact) mass is 589 g/mol. The molecule has 1 amide bonds. The van der Waals surface area contributed by atoms with Crippen LogP contribution in [-0.2, 0) is 30.7 Å². The van der Waals surface area contributed by atoms with Gasteiger partial charge in [-0.1, -0.05) is 18.2 Å². The van der Waals surface area contributed by atoms with Crippen molar-refractivity contribution in [3.05, 3.63) is 54.4 Å². The molecule has 41 heavy (non-hydrogen) atoms. The zero-order valence-electron chi connectivity index (χ0n) is 23.0. The number of alkyl halides is 2. The summed E-state index contributed by atoms with van der Waals surface area (Å²) in [5.41, 5.74) is 2.25. The second-order valence-electron chi connectivity index (χ2n) is 10.5. The molecule has 0 spiro atoms. The van der Waals surface area contributed by atoms with E-state index in [1.165, 1.54) is 7.11 Å². The van der Waals surface area contributed by atoms with Gasteiger partial charge < -0.3 is 19.7 Å². The lowest BCUT2D eigenvalue weighted by Crippen LogP contribution is -2.45. The van der Waals surface area contributed by atoms with Crippen molar-refractivity contribution in [2.45, 2.75) is 50.4 Å². The molecule has 10 nitrogen and oxygen atoms in total. The van der Waals surface area contributed by atoms with E-state index in [1.54, 1.807) is 6.20 Å². The van der Waals surface area contributed by atoms with Crippen molar-refractivity contribution < 1.29 is 31.5 Å². The van der Waals surface area contributed by atoms with E-state index < -0.39 is 33.8 Å².